The highest BCUT2D eigenvalue weighted by molar-refractivity contribution is 7.21. The van der Waals surface area contributed by atoms with Gasteiger partial charge in [0.1, 0.15) is 4.88 Å². The van der Waals surface area contributed by atoms with Crippen LogP contribution >= 0.6 is 22.9 Å². The molecule has 0 aliphatic heterocycles. The van der Waals surface area contributed by atoms with Crippen molar-refractivity contribution in [3.63, 3.8) is 0 Å². The lowest BCUT2D eigenvalue weighted by Gasteiger charge is -2.14. The summed E-state index contributed by atoms with van der Waals surface area (Å²) in [5.41, 5.74) is 4.10. The number of fused-ring (bicyclic) bond motifs is 2. The molecule has 1 amide bonds. The van der Waals surface area contributed by atoms with Crippen LogP contribution in [0.4, 0.5) is 0 Å². The Bertz CT molecular complexity index is 1700. The smallest absolute Gasteiger partial charge is 0.283 e. The fourth-order valence-corrected chi connectivity index (χ4v) is 5.51. The second kappa shape index (κ2) is 9.60. The molecule has 0 unspecified atom stereocenters. The Morgan fingerprint density at radius 1 is 1.00 bits per heavy atom. The van der Waals surface area contributed by atoms with Gasteiger partial charge in [-0.2, -0.15) is 5.10 Å². The van der Waals surface area contributed by atoms with Gasteiger partial charge in [0, 0.05) is 20.9 Å². The molecular weight excluding hydrogens is 494 g/mol. The highest BCUT2D eigenvalue weighted by Gasteiger charge is 2.18. The quantitative estimate of drug-likeness (QED) is 0.208. The van der Waals surface area contributed by atoms with Crippen molar-refractivity contribution in [3.8, 4) is 11.6 Å². The van der Waals surface area contributed by atoms with Gasteiger partial charge in [-0.25, -0.2) is 9.99 Å². The second-order valence-electron chi connectivity index (χ2n) is 8.61. The van der Waals surface area contributed by atoms with Crippen LogP contribution in [0.5, 0.6) is 5.88 Å². The summed E-state index contributed by atoms with van der Waals surface area (Å²) in [7, 11) is 0. The number of nitrogens with one attached hydrogen (secondary N) is 1. The van der Waals surface area contributed by atoms with E-state index in [1.165, 1.54) is 22.1 Å². The van der Waals surface area contributed by atoms with E-state index in [9.17, 15) is 14.7 Å². The van der Waals surface area contributed by atoms with Crippen LogP contribution in [0, 0.1) is 0 Å². The summed E-state index contributed by atoms with van der Waals surface area (Å²) in [6.07, 6.45) is 1.34. The third kappa shape index (κ3) is 4.17. The summed E-state index contributed by atoms with van der Waals surface area (Å²) >= 11 is 7.68. The Morgan fingerprint density at radius 2 is 1.64 bits per heavy atom. The monoisotopic (exact) mass is 515 g/mol. The number of rotatable bonds is 5. The summed E-state index contributed by atoms with van der Waals surface area (Å²) in [4.78, 5) is 26.4. The molecule has 5 aromatic rings. The van der Waals surface area contributed by atoms with Crippen LogP contribution in [0.2, 0.25) is 5.02 Å². The van der Waals surface area contributed by atoms with Gasteiger partial charge >= 0.3 is 0 Å². The number of amides is 1. The number of aromatic hydroxyl groups is 1. The molecular formula is C28H22ClN3O3S. The number of halogens is 1. The van der Waals surface area contributed by atoms with E-state index in [0.29, 0.717) is 37.8 Å². The van der Waals surface area contributed by atoms with Crippen LogP contribution in [0.3, 0.4) is 0 Å². The van der Waals surface area contributed by atoms with Crippen molar-refractivity contribution in [1.82, 2.24) is 9.99 Å². The van der Waals surface area contributed by atoms with E-state index >= 15 is 0 Å². The molecule has 36 heavy (non-hydrogen) atoms. The average molecular weight is 516 g/mol. The normalized spacial score (nSPS) is 11.7. The molecule has 0 aliphatic carbocycles. The van der Waals surface area contributed by atoms with Gasteiger partial charge in [0.2, 0.25) is 5.88 Å². The molecule has 0 spiro atoms. The topological polar surface area (TPSA) is 83.7 Å². The second-order valence-corrected chi connectivity index (χ2v) is 10.0. The van der Waals surface area contributed by atoms with E-state index in [4.69, 9.17) is 11.6 Å². The average Bonchev–Trinajstić information content (AvgIpc) is 3.23. The molecule has 180 valence electrons. The maximum Gasteiger partial charge on any atom is 0.283 e. The minimum atomic E-state index is -0.459. The number of carbonyl (C=O) groups is 1. The predicted molar refractivity (Wildman–Crippen MR) is 147 cm³/mol. The highest BCUT2D eigenvalue weighted by atomic mass is 35.5. The molecule has 0 radical (unpaired) electrons. The minimum Gasteiger partial charge on any atom is -0.494 e. The number of aromatic nitrogens is 1. The van der Waals surface area contributed by atoms with Gasteiger partial charge in [-0.05, 0) is 35.7 Å². The lowest BCUT2D eigenvalue weighted by atomic mass is 10.0. The van der Waals surface area contributed by atoms with Crippen LogP contribution in [-0.2, 0) is 0 Å². The molecule has 2 heterocycles. The number of hydrazone groups is 1. The summed E-state index contributed by atoms with van der Waals surface area (Å²) in [6.45, 7) is 4.17. The van der Waals surface area contributed by atoms with E-state index in [-0.39, 0.29) is 11.4 Å². The molecule has 5 rings (SSSR count). The Morgan fingerprint density at radius 3 is 2.31 bits per heavy atom. The molecule has 3 aromatic carbocycles. The van der Waals surface area contributed by atoms with Crippen molar-refractivity contribution in [2.75, 3.05) is 0 Å². The van der Waals surface area contributed by atoms with Crippen molar-refractivity contribution >= 4 is 55.9 Å². The Labute approximate surface area is 216 Å². The van der Waals surface area contributed by atoms with Crippen LogP contribution in [0.1, 0.15) is 40.6 Å². The summed E-state index contributed by atoms with van der Waals surface area (Å²) in [6, 6.07) is 21.9. The van der Waals surface area contributed by atoms with E-state index < -0.39 is 5.91 Å². The molecule has 8 heteroatoms. The summed E-state index contributed by atoms with van der Waals surface area (Å²) in [5.74, 6) is -0.394. The lowest BCUT2D eigenvalue weighted by Crippen LogP contribution is -2.21. The van der Waals surface area contributed by atoms with Crippen LogP contribution in [0.25, 0.3) is 26.5 Å². The largest absolute Gasteiger partial charge is 0.494 e. The van der Waals surface area contributed by atoms with E-state index in [1.54, 1.807) is 36.4 Å². The first-order chi connectivity index (χ1) is 17.4. The molecule has 0 bridgehead atoms. The molecule has 0 saturated heterocycles. The van der Waals surface area contributed by atoms with E-state index in [1.807, 2.05) is 36.4 Å². The predicted octanol–water partition coefficient (Wildman–Crippen LogP) is 6.45. The standard InChI is InChI=1S/C28H22ClN3O3S/c1-16(2)17-11-13-18(14-12-17)32-27(34)20-8-4-3-7-19(20)22(28(32)35)15-30-31-26(33)25-24(29)21-9-5-6-10-23(21)36-25/h3-16,35H,1-2H3,(H,31,33)/b30-15+. The minimum absolute atomic E-state index is 0.270. The SMILES string of the molecule is CC(C)c1ccc(-n2c(O)c(/C=N/NC(=O)c3sc4ccccc4c3Cl)c3ccccc3c2=O)cc1. The lowest BCUT2D eigenvalue weighted by molar-refractivity contribution is 0.0959. The van der Waals surface area contributed by atoms with Crippen molar-refractivity contribution in [1.29, 1.82) is 0 Å². The Kier molecular flexibility index (Phi) is 6.35. The van der Waals surface area contributed by atoms with Gasteiger partial charge in [0.25, 0.3) is 11.5 Å². The summed E-state index contributed by atoms with van der Waals surface area (Å²) < 4.78 is 2.15. The van der Waals surface area contributed by atoms with Gasteiger partial charge in [-0.15, -0.1) is 11.3 Å². The van der Waals surface area contributed by atoms with Gasteiger partial charge in [-0.3, -0.25) is 9.59 Å². The summed E-state index contributed by atoms with van der Waals surface area (Å²) in [5, 5.41) is 17.4. The highest BCUT2D eigenvalue weighted by Crippen LogP contribution is 2.35. The van der Waals surface area contributed by atoms with Crippen LogP contribution in [-0.4, -0.2) is 21.8 Å². The van der Waals surface area contributed by atoms with E-state index in [0.717, 1.165) is 15.6 Å². The van der Waals surface area contributed by atoms with Crippen molar-refractivity contribution in [3.05, 3.63) is 104 Å². The number of thiophene rings is 1. The molecule has 0 aliphatic rings. The van der Waals surface area contributed by atoms with Crippen LogP contribution < -0.4 is 11.0 Å². The number of hydrogen-bond donors (Lipinski definition) is 2. The zero-order chi connectivity index (χ0) is 25.4. The van der Waals surface area contributed by atoms with Gasteiger partial charge < -0.3 is 5.11 Å². The van der Waals surface area contributed by atoms with Gasteiger partial charge in [0.05, 0.1) is 22.5 Å². The van der Waals surface area contributed by atoms with E-state index in [2.05, 4.69) is 24.4 Å². The third-order valence-corrected chi connectivity index (χ3v) is 7.70. The number of hydrogen-bond acceptors (Lipinski definition) is 5. The first-order valence-corrected chi connectivity index (χ1v) is 12.5. The maximum atomic E-state index is 13.3. The first-order valence-electron chi connectivity index (χ1n) is 11.3. The van der Waals surface area contributed by atoms with Crippen LogP contribution in [0.15, 0.2) is 82.7 Å². The molecule has 0 fully saturated rings. The molecule has 6 nitrogen and oxygen atoms in total. The number of benzene rings is 3. The fourth-order valence-electron chi connectivity index (χ4n) is 4.10. The fraction of sp³-hybridized carbons (Fsp3) is 0.107. The van der Waals surface area contributed by atoms with Crippen molar-refractivity contribution in [2.45, 2.75) is 19.8 Å². The molecule has 2 aromatic heterocycles. The molecule has 2 N–H and O–H groups in total. The number of carbonyl (C=O) groups excluding carboxylic acids is 1. The van der Waals surface area contributed by atoms with Gasteiger partial charge in [0.15, 0.2) is 0 Å². The zero-order valence-corrected chi connectivity index (χ0v) is 21.1. The molecule has 0 atom stereocenters. The number of pyridine rings is 1. The maximum absolute atomic E-state index is 13.3. The third-order valence-electron chi connectivity index (χ3n) is 6.02. The molecule has 0 saturated carbocycles. The first kappa shape index (κ1) is 23.8. The zero-order valence-electron chi connectivity index (χ0n) is 19.5. The number of nitrogens with zero attached hydrogens (tertiary/aromatic N) is 2. The van der Waals surface area contributed by atoms with Crippen molar-refractivity contribution in [2.24, 2.45) is 5.10 Å². The Balaban J connectivity index is 1.54. The Hall–Kier alpha value is -3.94. The van der Waals surface area contributed by atoms with Crippen molar-refractivity contribution < 1.29 is 9.90 Å². The van der Waals surface area contributed by atoms with Gasteiger partial charge in [-0.1, -0.05) is 74.0 Å².